The number of hydrogen-bond acceptors (Lipinski definition) is 3. The standard InChI is InChI=1S/C26H26FN5O/c1-18-28-11-13-31(18)16-20-6-2-3-10-23(20)26(33)32-12-5-8-21(17-32)25-24(15-29-30-25)19-7-4-9-22(27)14-19/h2-4,6-7,9-11,13-15,21H,5,8,12,16-17H2,1H3,(H,29,30)/t21-/m1/s1. The van der Waals surface area contributed by atoms with E-state index in [2.05, 4.69) is 15.2 Å². The number of nitrogens with zero attached hydrogens (tertiary/aromatic N) is 4. The number of carbonyl (C=O) groups is 1. The molecule has 168 valence electrons. The van der Waals surface area contributed by atoms with Crippen molar-refractivity contribution in [1.29, 1.82) is 0 Å². The highest BCUT2D eigenvalue weighted by molar-refractivity contribution is 5.95. The molecule has 0 unspecified atom stereocenters. The molecule has 1 atom stereocenters. The maximum Gasteiger partial charge on any atom is 0.254 e. The van der Waals surface area contributed by atoms with Crippen molar-refractivity contribution in [2.75, 3.05) is 13.1 Å². The summed E-state index contributed by atoms with van der Waals surface area (Å²) in [5.74, 6) is 0.802. The van der Waals surface area contributed by atoms with Crippen LogP contribution in [0.5, 0.6) is 0 Å². The Morgan fingerprint density at radius 3 is 2.91 bits per heavy atom. The van der Waals surface area contributed by atoms with E-state index in [-0.39, 0.29) is 17.6 Å². The molecule has 1 aliphatic rings. The molecule has 0 bridgehead atoms. The topological polar surface area (TPSA) is 66.8 Å². The highest BCUT2D eigenvalue weighted by Crippen LogP contribution is 2.34. The summed E-state index contributed by atoms with van der Waals surface area (Å²) < 4.78 is 15.8. The lowest BCUT2D eigenvalue weighted by Gasteiger charge is -2.33. The van der Waals surface area contributed by atoms with Crippen LogP contribution in [-0.4, -0.2) is 43.6 Å². The fourth-order valence-electron chi connectivity index (χ4n) is 4.68. The second-order valence-corrected chi connectivity index (χ2v) is 8.56. The Kier molecular flexibility index (Phi) is 5.77. The van der Waals surface area contributed by atoms with Crippen LogP contribution < -0.4 is 0 Å². The van der Waals surface area contributed by atoms with Crippen LogP contribution in [0.1, 0.15) is 46.2 Å². The number of carbonyl (C=O) groups excluding carboxylic acids is 1. The number of rotatable bonds is 5. The minimum Gasteiger partial charge on any atom is -0.338 e. The van der Waals surface area contributed by atoms with Crippen molar-refractivity contribution in [2.45, 2.75) is 32.2 Å². The largest absolute Gasteiger partial charge is 0.338 e. The Morgan fingerprint density at radius 2 is 2.09 bits per heavy atom. The van der Waals surface area contributed by atoms with E-state index >= 15 is 0 Å². The Labute approximate surface area is 192 Å². The van der Waals surface area contributed by atoms with E-state index in [1.165, 1.54) is 12.1 Å². The predicted molar refractivity (Wildman–Crippen MR) is 124 cm³/mol. The second kappa shape index (κ2) is 9.02. The number of imidazole rings is 1. The van der Waals surface area contributed by atoms with Gasteiger partial charge in [0.15, 0.2) is 0 Å². The zero-order valence-corrected chi connectivity index (χ0v) is 18.5. The van der Waals surface area contributed by atoms with Crippen LogP contribution in [0.4, 0.5) is 4.39 Å². The second-order valence-electron chi connectivity index (χ2n) is 8.56. The van der Waals surface area contributed by atoms with Crippen LogP contribution in [0.25, 0.3) is 11.1 Å². The Morgan fingerprint density at radius 1 is 1.21 bits per heavy atom. The van der Waals surface area contributed by atoms with Crippen molar-refractivity contribution in [3.05, 3.63) is 95.6 Å². The molecule has 33 heavy (non-hydrogen) atoms. The lowest BCUT2D eigenvalue weighted by Crippen LogP contribution is -2.39. The molecule has 7 heteroatoms. The van der Waals surface area contributed by atoms with E-state index in [0.717, 1.165) is 53.2 Å². The van der Waals surface area contributed by atoms with E-state index in [9.17, 15) is 9.18 Å². The fraction of sp³-hybridized carbons (Fsp3) is 0.269. The Balaban J connectivity index is 1.38. The van der Waals surface area contributed by atoms with Crippen molar-refractivity contribution in [2.24, 2.45) is 0 Å². The first-order valence-electron chi connectivity index (χ1n) is 11.2. The minimum absolute atomic E-state index is 0.0416. The summed E-state index contributed by atoms with van der Waals surface area (Å²) >= 11 is 0. The van der Waals surface area contributed by atoms with E-state index in [1.807, 2.05) is 52.9 Å². The lowest BCUT2D eigenvalue weighted by atomic mass is 9.90. The van der Waals surface area contributed by atoms with Crippen LogP contribution in [-0.2, 0) is 6.54 Å². The first-order chi connectivity index (χ1) is 16.1. The van der Waals surface area contributed by atoms with Crippen LogP contribution in [0, 0.1) is 12.7 Å². The van der Waals surface area contributed by atoms with Crippen LogP contribution in [0.15, 0.2) is 67.1 Å². The maximum atomic E-state index is 13.8. The van der Waals surface area contributed by atoms with Gasteiger partial charge in [0, 0.05) is 54.8 Å². The predicted octanol–water partition coefficient (Wildman–Crippen LogP) is 4.79. The van der Waals surface area contributed by atoms with Crippen LogP contribution in [0.2, 0.25) is 0 Å². The van der Waals surface area contributed by atoms with Crippen molar-refractivity contribution in [1.82, 2.24) is 24.6 Å². The highest BCUT2D eigenvalue weighted by atomic mass is 19.1. The molecule has 1 fully saturated rings. The molecule has 5 rings (SSSR count). The Hall–Kier alpha value is -3.74. The number of hydrogen-bond donors (Lipinski definition) is 1. The third-order valence-corrected chi connectivity index (χ3v) is 6.43. The van der Waals surface area contributed by atoms with Gasteiger partial charge in [0.25, 0.3) is 5.91 Å². The summed E-state index contributed by atoms with van der Waals surface area (Å²) in [5, 5.41) is 7.36. The molecule has 1 aliphatic heterocycles. The average Bonchev–Trinajstić information content (AvgIpc) is 3.49. The number of halogens is 1. The van der Waals surface area contributed by atoms with E-state index in [0.29, 0.717) is 13.1 Å². The molecule has 0 aliphatic carbocycles. The van der Waals surface area contributed by atoms with Gasteiger partial charge in [-0.2, -0.15) is 5.10 Å². The first-order valence-corrected chi connectivity index (χ1v) is 11.2. The molecule has 1 amide bonds. The van der Waals surface area contributed by atoms with Crippen molar-refractivity contribution in [3.8, 4) is 11.1 Å². The third kappa shape index (κ3) is 4.31. The van der Waals surface area contributed by atoms with Gasteiger partial charge < -0.3 is 9.47 Å². The van der Waals surface area contributed by atoms with Gasteiger partial charge in [0.1, 0.15) is 11.6 Å². The van der Waals surface area contributed by atoms with Gasteiger partial charge in [-0.05, 0) is 49.1 Å². The molecule has 6 nitrogen and oxygen atoms in total. The van der Waals surface area contributed by atoms with E-state index in [1.54, 1.807) is 18.5 Å². The summed E-state index contributed by atoms with van der Waals surface area (Å²) in [5.41, 5.74) is 4.35. The number of H-pyrrole nitrogens is 1. The number of nitrogens with one attached hydrogen (secondary N) is 1. The zero-order chi connectivity index (χ0) is 22.8. The van der Waals surface area contributed by atoms with Gasteiger partial charge in [-0.3, -0.25) is 9.89 Å². The number of likely N-dealkylation sites (tertiary alicyclic amines) is 1. The monoisotopic (exact) mass is 443 g/mol. The third-order valence-electron chi connectivity index (χ3n) is 6.43. The van der Waals surface area contributed by atoms with Gasteiger partial charge in [-0.1, -0.05) is 30.3 Å². The molecule has 2 aromatic heterocycles. The first kappa shape index (κ1) is 21.1. The number of aromatic nitrogens is 4. The number of benzene rings is 2. The minimum atomic E-state index is -0.273. The molecule has 4 aromatic rings. The van der Waals surface area contributed by atoms with Gasteiger partial charge in [-0.15, -0.1) is 0 Å². The molecule has 1 N–H and O–H groups in total. The summed E-state index contributed by atoms with van der Waals surface area (Å²) in [6.45, 7) is 3.88. The van der Waals surface area contributed by atoms with Crippen LogP contribution in [0.3, 0.4) is 0 Å². The number of amides is 1. The molecule has 2 aromatic carbocycles. The molecule has 1 saturated heterocycles. The average molecular weight is 444 g/mol. The molecular formula is C26H26FN5O. The van der Waals surface area contributed by atoms with Crippen molar-refractivity contribution in [3.63, 3.8) is 0 Å². The molecule has 0 saturated carbocycles. The summed E-state index contributed by atoms with van der Waals surface area (Å²) in [6.07, 6.45) is 7.30. The fourth-order valence-corrected chi connectivity index (χ4v) is 4.68. The molecule has 3 heterocycles. The summed E-state index contributed by atoms with van der Waals surface area (Å²) in [6, 6.07) is 14.3. The van der Waals surface area contributed by atoms with Gasteiger partial charge in [0.2, 0.25) is 0 Å². The molecule has 0 spiro atoms. The number of aromatic amines is 1. The van der Waals surface area contributed by atoms with Crippen LogP contribution >= 0.6 is 0 Å². The van der Waals surface area contributed by atoms with Crippen molar-refractivity contribution >= 4 is 5.91 Å². The van der Waals surface area contributed by atoms with Crippen molar-refractivity contribution < 1.29 is 9.18 Å². The smallest absolute Gasteiger partial charge is 0.254 e. The highest BCUT2D eigenvalue weighted by Gasteiger charge is 2.29. The van der Waals surface area contributed by atoms with E-state index < -0.39 is 0 Å². The lowest BCUT2D eigenvalue weighted by molar-refractivity contribution is 0.0704. The van der Waals surface area contributed by atoms with E-state index in [4.69, 9.17) is 0 Å². The zero-order valence-electron chi connectivity index (χ0n) is 18.5. The SMILES string of the molecule is Cc1nccn1Cc1ccccc1C(=O)N1CCC[C@@H](c2[nH]ncc2-c2cccc(F)c2)C1. The van der Waals surface area contributed by atoms with Gasteiger partial charge in [0.05, 0.1) is 6.20 Å². The number of aryl methyl sites for hydroxylation is 1. The maximum absolute atomic E-state index is 13.8. The number of piperidine rings is 1. The normalized spacial score (nSPS) is 16.2. The van der Waals surface area contributed by atoms with Gasteiger partial charge >= 0.3 is 0 Å². The summed E-state index contributed by atoms with van der Waals surface area (Å²) in [7, 11) is 0. The molecular weight excluding hydrogens is 417 g/mol. The van der Waals surface area contributed by atoms with Gasteiger partial charge in [-0.25, -0.2) is 9.37 Å². The Bertz CT molecular complexity index is 1280. The quantitative estimate of drug-likeness (QED) is 0.482. The molecule has 0 radical (unpaired) electrons. The summed E-state index contributed by atoms with van der Waals surface area (Å²) in [4.78, 5) is 19.8.